The number of nitrogens with zero attached hydrogens (tertiary/aromatic N) is 2. The molecule has 0 spiro atoms. The normalized spacial score (nSPS) is 10.8. The lowest BCUT2D eigenvalue weighted by molar-refractivity contribution is 0.107. The summed E-state index contributed by atoms with van der Waals surface area (Å²) in [5.74, 6) is 0.764. The molecule has 0 atom stereocenters. The number of carbonyl (C=O) groups is 1. The third-order valence-corrected chi connectivity index (χ3v) is 4.74. The summed E-state index contributed by atoms with van der Waals surface area (Å²) >= 11 is 0. The third kappa shape index (κ3) is 4.98. The monoisotopic (exact) mass is 421 g/mol. The molecule has 0 saturated heterocycles. The van der Waals surface area contributed by atoms with Gasteiger partial charge < -0.3 is 18.8 Å². The van der Waals surface area contributed by atoms with E-state index in [1.54, 1.807) is 13.2 Å². The van der Waals surface area contributed by atoms with Crippen LogP contribution in [0.1, 0.15) is 26.3 Å². The molecular formula is C24H27N3O4. The van der Waals surface area contributed by atoms with Crippen molar-refractivity contribution in [3.63, 3.8) is 0 Å². The molecule has 0 aliphatic rings. The summed E-state index contributed by atoms with van der Waals surface area (Å²) in [4.78, 5) is 12.0. The van der Waals surface area contributed by atoms with Crippen molar-refractivity contribution < 1.29 is 19.0 Å². The number of anilines is 1. The number of hydrogen-bond acceptors (Lipinski definition) is 5. The lowest BCUT2D eigenvalue weighted by Gasteiger charge is -2.12. The Balaban J connectivity index is 2.02. The number of fused-ring (bicyclic) bond motifs is 1. The van der Waals surface area contributed by atoms with Gasteiger partial charge in [-0.1, -0.05) is 12.1 Å². The molecule has 1 heterocycles. The molecule has 0 unspecified atom stereocenters. The number of aromatic nitrogens is 1. The number of rotatable bonds is 8. The van der Waals surface area contributed by atoms with E-state index in [0.29, 0.717) is 24.4 Å². The van der Waals surface area contributed by atoms with Crippen molar-refractivity contribution in [2.75, 3.05) is 25.6 Å². The summed E-state index contributed by atoms with van der Waals surface area (Å²) < 4.78 is 17.9. The van der Waals surface area contributed by atoms with Crippen LogP contribution < -0.4 is 10.1 Å². The van der Waals surface area contributed by atoms with Crippen LogP contribution in [-0.4, -0.2) is 37.1 Å². The van der Waals surface area contributed by atoms with Gasteiger partial charge in [-0.05, 0) is 45.0 Å². The lowest BCUT2D eigenvalue weighted by atomic mass is 10.1. The van der Waals surface area contributed by atoms with E-state index in [0.717, 1.165) is 27.9 Å². The van der Waals surface area contributed by atoms with Crippen LogP contribution in [0.5, 0.6) is 5.75 Å². The Labute approximate surface area is 182 Å². The van der Waals surface area contributed by atoms with Crippen molar-refractivity contribution in [1.29, 1.82) is 5.26 Å². The molecule has 1 amide bonds. The number of ether oxygens (including phenoxy) is 3. The maximum absolute atomic E-state index is 12.0. The van der Waals surface area contributed by atoms with Crippen molar-refractivity contribution in [3.8, 4) is 23.1 Å². The maximum Gasteiger partial charge on any atom is 0.411 e. The molecule has 162 valence electrons. The summed E-state index contributed by atoms with van der Waals surface area (Å²) in [6.45, 7) is 7.18. The fourth-order valence-electron chi connectivity index (χ4n) is 3.53. The van der Waals surface area contributed by atoms with Crippen LogP contribution in [0.15, 0.2) is 42.5 Å². The van der Waals surface area contributed by atoms with Gasteiger partial charge in [-0.15, -0.1) is 0 Å². The lowest BCUT2D eigenvalue weighted by Crippen LogP contribution is -2.16. The second kappa shape index (κ2) is 10.0. The molecule has 0 aliphatic carbocycles. The molecule has 1 N–H and O–H groups in total. The molecule has 0 radical (unpaired) electrons. The van der Waals surface area contributed by atoms with Gasteiger partial charge in [0.1, 0.15) is 18.4 Å². The van der Waals surface area contributed by atoms with Crippen LogP contribution in [0, 0.1) is 11.3 Å². The van der Waals surface area contributed by atoms with E-state index in [1.807, 2.05) is 57.2 Å². The van der Waals surface area contributed by atoms with Gasteiger partial charge in [-0.2, -0.15) is 5.26 Å². The topological polar surface area (TPSA) is 85.5 Å². The van der Waals surface area contributed by atoms with Gasteiger partial charge in [0.15, 0.2) is 0 Å². The van der Waals surface area contributed by atoms with Gasteiger partial charge >= 0.3 is 6.09 Å². The van der Waals surface area contributed by atoms with Crippen LogP contribution >= 0.6 is 0 Å². The van der Waals surface area contributed by atoms with Crippen LogP contribution in [0.25, 0.3) is 22.2 Å². The summed E-state index contributed by atoms with van der Waals surface area (Å²) in [6.07, 6.45) is -0.495. The first-order valence-corrected chi connectivity index (χ1v) is 10.2. The number of benzene rings is 2. The number of carbonyl (C=O) groups excluding carboxylic acids is 1. The van der Waals surface area contributed by atoms with Crippen molar-refractivity contribution in [2.45, 2.75) is 33.4 Å². The Kier molecular flexibility index (Phi) is 7.16. The number of aryl methyl sites for hydroxylation is 1. The highest BCUT2D eigenvalue weighted by atomic mass is 16.6. The van der Waals surface area contributed by atoms with Gasteiger partial charge in [0.2, 0.25) is 0 Å². The van der Waals surface area contributed by atoms with Crippen molar-refractivity contribution in [2.24, 2.45) is 0 Å². The number of methoxy groups -OCH3 is 1. The summed E-state index contributed by atoms with van der Waals surface area (Å²) in [5.41, 5.74) is 3.74. The third-order valence-electron chi connectivity index (χ3n) is 4.74. The minimum Gasteiger partial charge on any atom is -0.491 e. The first-order valence-electron chi connectivity index (χ1n) is 10.2. The zero-order chi connectivity index (χ0) is 22.4. The van der Waals surface area contributed by atoms with Crippen molar-refractivity contribution in [1.82, 2.24) is 4.57 Å². The average molecular weight is 421 g/mol. The first-order chi connectivity index (χ1) is 15.0. The second-order valence-corrected chi connectivity index (χ2v) is 7.26. The van der Waals surface area contributed by atoms with E-state index in [1.165, 1.54) is 0 Å². The van der Waals surface area contributed by atoms with Gasteiger partial charge in [0.05, 0.1) is 29.5 Å². The smallest absolute Gasteiger partial charge is 0.411 e. The average Bonchev–Trinajstić information content (AvgIpc) is 3.06. The van der Waals surface area contributed by atoms with E-state index in [-0.39, 0.29) is 12.7 Å². The number of amides is 1. The van der Waals surface area contributed by atoms with Crippen LogP contribution in [0.2, 0.25) is 0 Å². The Morgan fingerprint density at radius 3 is 2.68 bits per heavy atom. The Bertz CT molecular complexity index is 1110. The second-order valence-electron chi connectivity index (χ2n) is 7.26. The van der Waals surface area contributed by atoms with E-state index >= 15 is 0 Å². The largest absolute Gasteiger partial charge is 0.491 e. The molecular weight excluding hydrogens is 394 g/mol. The van der Waals surface area contributed by atoms with Crippen LogP contribution in [0.3, 0.4) is 0 Å². The fourth-order valence-corrected chi connectivity index (χ4v) is 3.53. The fraction of sp³-hybridized carbons (Fsp3) is 0.333. The van der Waals surface area contributed by atoms with E-state index < -0.39 is 6.09 Å². The number of nitriles is 1. The molecule has 3 aromatic rings. The molecule has 7 heteroatoms. The molecule has 3 rings (SSSR count). The summed E-state index contributed by atoms with van der Waals surface area (Å²) in [5, 5.41) is 13.5. The highest BCUT2D eigenvalue weighted by Crippen LogP contribution is 2.36. The zero-order valence-electron chi connectivity index (χ0n) is 18.3. The number of hydrogen-bond donors (Lipinski definition) is 1. The van der Waals surface area contributed by atoms with E-state index in [4.69, 9.17) is 14.2 Å². The summed E-state index contributed by atoms with van der Waals surface area (Å²) in [6, 6.07) is 15.5. The van der Waals surface area contributed by atoms with Crippen LogP contribution in [-0.2, 0) is 16.0 Å². The quantitative estimate of drug-likeness (QED) is 0.507. The predicted octanol–water partition coefficient (Wildman–Crippen LogP) is 5.18. The highest BCUT2D eigenvalue weighted by Gasteiger charge is 2.19. The van der Waals surface area contributed by atoms with Crippen LogP contribution in [0.4, 0.5) is 10.5 Å². The Hall–Kier alpha value is -3.50. The van der Waals surface area contributed by atoms with Crippen molar-refractivity contribution >= 4 is 22.7 Å². The molecule has 0 bridgehead atoms. The standard InChI is InChI=1S/C24H27N3O4/c1-5-27-22-14-19(31-16(2)3)9-10-20(22)21(15-25)23(27)17-7-6-8-18(13-17)26-24(28)30-12-11-29-4/h6-10,13-14,16H,5,11-12H2,1-4H3,(H,26,28). The molecule has 7 nitrogen and oxygen atoms in total. The molecule has 2 aromatic carbocycles. The van der Waals surface area contributed by atoms with Crippen molar-refractivity contribution in [3.05, 3.63) is 48.0 Å². The molecule has 31 heavy (non-hydrogen) atoms. The Morgan fingerprint density at radius 1 is 1.19 bits per heavy atom. The van der Waals surface area contributed by atoms with Gasteiger partial charge in [0, 0.05) is 36.4 Å². The first kappa shape index (κ1) is 22.2. The molecule has 0 aliphatic heterocycles. The van der Waals surface area contributed by atoms with Gasteiger partial charge in [-0.25, -0.2) is 4.79 Å². The molecule has 0 fully saturated rings. The molecule has 0 saturated carbocycles. The van der Waals surface area contributed by atoms with E-state index in [2.05, 4.69) is 16.0 Å². The van der Waals surface area contributed by atoms with E-state index in [9.17, 15) is 10.1 Å². The maximum atomic E-state index is 12.0. The summed E-state index contributed by atoms with van der Waals surface area (Å²) in [7, 11) is 1.54. The Morgan fingerprint density at radius 2 is 2.00 bits per heavy atom. The highest BCUT2D eigenvalue weighted by molar-refractivity contribution is 5.96. The van der Waals surface area contributed by atoms with Gasteiger partial charge in [-0.3, -0.25) is 5.32 Å². The minimum absolute atomic E-state index is 0.0591. The minimum atomic E-state index is -0.554. The zero-order valence-corrected chi connectivity index (χ0v) is 18.3. The molecule has 1 aromatic heterocycles. The van der Waals surface area contributed by atoms with Gasteiger partial charge in [0.25, 0.3) is 0 Å². The SMILES string of the molecule is CCn1c(-c2cccc(NC(=O)OCCOC)c2)c(C#N)c2ccc(OC(C)C)cc21. The predicted molar refractivity (Wildman–Crippen MR) is 120 cm³/mol. The number of nitrogens with one attached hydrogen (secondary N) is 1.